The first-order chi connectivity index (χ1) is 13.3. The van der Waals surface area contributed by atoms with Crippen LogP contribution in [0.4, 0.5) is 11.5 Å². The lowest BCUT2D eigenvalue weighted by Crippen LogP contribution is -2.15. The summed E-state index contributed by atoms with van der Waals surface area (Å²) in [5.74, 6) is 0.251. The van der Waals surface area contributed by atoms with Crippen LogP contribution in [0.1, 0.15) is 29.9 Å². The molecule has 0 fully saturated rings. The molecular weight excluding hydrogens is 376 g/mol. The smallest absolute Gasteiger partial charge is 0.269 e. The molecule has 0 saturated heterocycles. The number of benzene rings is 2. The first kappa shape index (κ1) is 19.6. The Morgan fingerprint density at radius 2 is 1.79 bits per heavy atom. The van der Waals surface area contributed by atoms with Gasteiger partial charge in [0.25, 0.3) is 11.6 Å². The number of hydrogen-bond acceptors (Lipinski definition) is 5. The van der Waals surface area contributed by atoms with E-state index in [-0.39, 0.29) is 11.6 Å². The van der Waals surface area contributed by atoms with E-state index in [1.54, 1.807) is 46.8 Å². The topological polar surface area (TPSA) is 90.1 Å². The normalized spacial score (nSPS) is 10.9. The number of non-ortho nitro benzene ring substituents is 1. The fourth-order valence-electron chi connectivity index (χ4n) is 2.65. The van der Waals surface area contributed by atoms with E-state index >= 15 is 0 Å². The standard InChI is InChI=1S/C20H20N4O3S/c1-13(2)28-18-10-4-15(5-11-18)20(25)21-19-12-14(3)22-23(19)16-6-8-17(9-7-16)24(26)27/h4-13H,1-3H3,(H,21,25). The molecule has 1 aromatic heterocycles. The van der Waals surface area contributed by atoms with E-state index in [0.717, 1.165) is 10.6 Å². The maximum atomic E-state index is 12.6. The molecule has 1 amide bonds. The number of aromatic nitrogens is 2. The van der Waals surface area contributed by atoms with Crippen molar-refractivity contribution in [1.82, 2.24) is 9.78 Å². The number of carbonyl (C=O) groups excluding carboxylic acids is 1. The Labute approximate surface area is 166 Å². The fraction of sp³-hybridized carbons (Fsp3) is 0.200. The molecular formula is C20H20N4O3S. The first-order valence-corrected chi connectivity index (χ1v) is 9.61. The van der Waals surface area contributed by atoms with Crippen molar-refractivity contribution in [1.29, 1.82) is 0 Å². The number of carbonyl (C=O) groups is 1. The van der Waals surface area contributed by atoms with Crippen LogP contribution in [0.3, 0.4) is 0 Å². The maximum absolute atomic E-state index is 12.6. The maximum Gasteiger partial charge on any atom is 0.269 e. The van der Waals surface area contributed by atoms with E-state index in [9.17, 15) is 14.9 Å². The Bertz CT molecular complexity index is 995. The van der Waals surface area contributed by atoms with Gasteiger partial charge in [-0.3, -0.25) is 14.9 Å². The first-order valence-electron chi connectivity index (χ1n) is 8.73. The second kappa shape index (κ2) is 8.26. The summed E-state index contributed by atoms with van der Waals surface area (Å²) in [7, 11) is 0. The average Bonchev–Trinajstić information content (AvgIpc) is 3.02. The van der Waals surface area contributed by atoms with Crippen LogP contribution >= 0.6 is 11.8 Å². The van der Waals surface area contributed by atoms with Crippen LogP contribution in [0.15, 0.2) is 59.5 Å². The second-order valence-corrected chi connectivity index (χ2v) is 8.15. The summed E-state index contributed by atoms with van der Waals surface area (Å²) in [6.07, 6.45) is 0. The van der Waals surface area contributed by atoms with E-state index in [0.29, 0.717) is 22.3 Å². The number of rotatable bonds is 6. The highest BCUT2D eigenvalue weighted by atomic mass is 32.2. The highest BCUT2D eigenvalue weighted by molar-refractivity contribution is 7.99. The number of hydrogen-bond donors (Lipinski definition) is 1. The van der Waals surface area contributed by atoms with Crippen molar-refractivity contribution in [2.45, 2.75) is 30.9 Å². The summed E-state index contributed by atoms with van der Waals surface area (Å²) >= 11 is 1.74. The van der Waals surface area contributed by atoms with Crippen molar-refractivity contribution < 1.29 is 9.72 Å². The number of amides is 1. The van der Waals surface area contributed by atoms with Gasteiger partial charge in [0.15, 0.2) is 0 Å². The zero-order chi connectivity index (χ0) is 20.3. The third-order valence-corrected chi connectivity index (χ3v) is 4.88. The minimum absolute atomic E-state index is 0.00225. The van der Waals surface area contributed by atoms with Gasteiger partial charge in [0, 0.05) is 33.9 Å². The number of aryl methyl sites for hydroxylation is 1. The second-order valence-electron chi connectivity index (χ2n) is 6.50. The molecule has 0 atom stereocenters. The highest BCUT2D eigenvalue weighted by Crippen LogP contribution is 2.24. The number of nitrogens with zero attached hydrogens (tertiary/aromatic N) is 3. The monoisotopic (exact) mass is 396 g/mol. The summed E-state index contributed by atoms with van der Waals surface area (Å²) in [6, 6.07) is 15.2. The highest BCUT2D eigenvalue weighted by Gasteiger charge is 2.14. The van der Waals surface area contributed by atoms with Crippen molar-refractivity contribution in [2.24, 2.45) is 0 Å². The third-order valence-electron chi connectivity index (χ3n) is 3.87. The molecule has 0 aliphatic rings. The number of nitrogens with one attached hydrogen (secondary N) is 1. The van der Waals surface area contributed by atoms with Gasteiger partial charge in [0.1, 0.15) is 5.82 Å². The molecule has 0 saturated carbocycles. The molecule has 0 bridgehead atoms. The van der Waals surface area contributed by atoms with Crippen molar-refractivity contribution >= 4 is 29.2 Å². The van der Waals surface area contributed by atoms with Crippen LogP contribution in [0.2, 0.25) is 0 Å². The molecule has 0 unspecified atom stereocenters. The molecule has 8 heteroatoms. The average molecular weight is 396 g/mol. The van der Waals surface area contributed by atoms with Crippen LogP contribution in [0.25, 0.3) is 5.69 Å². The summed E-state index contributed by atoms with van der Waals surface area (Å²) in [5, 5.41) is 18.5. The predicted molar refractivity (Wildman–Crippen MR) is 110 cm³/mol. The number of nitro benzene ring substituents is 1. The van der Waals surface area contributed by atoms with Crippen molar-refractivity contribution in [3.05, 3.63) is 76.0 Å². The fourth-order valence-corrected chi connectivity index (χ4v) is 3.48. The van der Waals surface area contributed by atoms with Crippen LogP contribution < -0.4 is 5.32 Å². The minimum atomic E-state index is -0.456. The minimum Gasteiger partial charge on any atom is -0.306 e. The third kappa shape index (κ3) is 4.58. The van der Waals surface area contributed by atoms with Gasteiger partial charge < -0.3 is 5.32 Å². The predicted octanol–water partition coefficient (Wildman–Crippen LogP) is 4.84. The van der Waals surface area contributed by atoms with Crippen LogP contribution in [0.5, 0.6) is 0 Å². The molecule has 3 aromatic rings. The Balaban J connectivity index is 1.81. The molecule has 0 aliphatic carbocycles. The van der Waals surface area contributed by atoms with E-state index in [1.807, 2.05) is 19.1 Å². The lowest BCUT2D eigenvalue weighted by atomic mass is 10.2. The quantitative estimate of drug-likeness (QED) is 0.366. The largest absolute Gasteiger partial charge is 0.306 e. The van der Waals surface area contributed by atoms with Crippen molar-refractivity contribution in [3.63, 3.8) is 0 Å². The van der Waals surface area contributed by atoms with E-state index < -0.39 is 4.92 Å². The van der Waals surface area contributed by atoms with Crippen LogP contribution in [-0.2, 0) is 0 Å². The zero-order valence-electron chi connectivity index (χ0n) is 15.7. The van der Waals surface area contributed by atoms with Gasteiger partial charge in [0.2, 0.25) is 0 Å². The van der Waals surface area contributed by atoms with Gasteiger partial charge >= 0.3 is 0 Å². The van der Waals surface area contributed by atoms with Gasteiger partial charge in [-0.15, -0.1) is 11.8 Å². The summed E-state index contributed by atoms with van der Waals surface area (Å²) < 4.78 is 1.56. The Hall–Kier alpha value is -3.13. The van der Waals surface area contributed by atoms with E-state index in [4.69, 9.17) is 0 Å². The Morgan fingerprint density at radius 1 is 1.14 bits per heavy atom. The molecule has 7 nitrogen and oxygen atoms in total. The van der Waals surface area contributed by atoms with Gasteiger partial charge in [-0.25, -0.2) is 4.68 Å². The molecule has 1 heterocycles. The summed E-state index contributed by atoms with van der Waals surface area (Å²) in [4.78, 5) is 24.1. The molecule has 0 spiro atoms. The lowest BCUT2D eigenvalue weighted by Gasteiger charge is -2.10. The van der Waals surface area contributed by atoms with E-state index in [1.165, 1.54) is 12.1 Å². The zero-order valence-corrected chi connectivity index (χ0v) is 16.6. The molecule has 3 rings (SSSR count). The molecule has 0 aliphatic heterocycles. The molecule has 2 aromatic carbocycles. The summed E-state index contributed by atoms with van der Waals surface area (Å²) in [5.41, 5.74) is 1.88. The van der Waals surface area contributed by atoms with Gasteiger partial charge in [-0.1, -0.05) is 13.8 Å². The molecule has 144 valence electrons. The van der Waals surface area contributed by atoms with Crippen molar-refractivity contribution in [3.8, 4) is 5.69 Å². The number of anilines is 1. The molecule has 28 heavy (non-hydrogen) atoms. The Kier molecular flexibility index (Phi) is 5.79. The van der Waals surface area contributed by atoms with Gasteiger partial charge in [-0.2, -0.15) is 5.10 Å². The van der Waals surface area contributed by atoms with Crippen LogP contribution in [0, 0.1) is 17.0 Å². The van der Waals surface area contributed by atoms with E-state index in [2.05, 4.69) is 24.3 Å². The van der Waals surface area contributed by atoms with Crippen LogP contribution in [-0.4, -0.2) is 25.9 Å². The molecule has 0 radical (unpaired) electrons. The van der Waals surface area contributed by atoms with Gasteiger partial charge in [-0.05, 0) is 43.3 Å². The number of nitro groups is 1. The molecule has 1 N–H and O–H groups in total. The Morgan fingerprint density at radius 3 is 2.36 bits per heavy atom. The van der Waals surface area contributed by atoms with Gasteiger partial charge in [0.05, 0.1) is 16.3 Å². The van der Waals surface area contributed by atoms with Crippen molar-refractivity contribution in [2.75, 3.05) is 5.32 Å². The lowest BCUT2D eigenvalue weighted by molar-refractivity contribution is -0.384. The SMILES string of the molecule is Cc1cc(NC(=O)c2ccc(SC(C)C)cc2)n(-c2ccc([N+](=O)[O-])cc2)n1. The summed E-state index contributed by atoms with van der Waals surface area (Å²) in [6.45, 7) is 6.05. The number of thioether (sulfide) groups is 1.